The number of nitrogens with zero attached hydrogens (tertiary/aromatic N) is 1. The van der Waals surface area contributed by atoms with E-state index < -0.39 is 14.8 Å². The predicted molar refractivity (Wildman–Crippen MR) is 59.6 cm³/mol. The SMILES string of the molecule is Cl.NS(=O)(=O)C1(CN2CCOCC2)CC1. The summed E-state index contributed by atoms with van der Waals surface area (Å²) in [5.74, 6) is 0. The van der Waals surface area contributed by atoms with Gasteiger partial charge in [-0.15, -0.1) is 12.4 Å². The molecular weight excluding hydrogens is 240 g/mol. The zero-order chi connectivity index (χ0) is 10.2. The summed E-state index contributed by atoms with van der Waals surface area (Å²) in [5, 5.41) is 5.21. The molecule has 2 N–H and O–H groups in total. The molecule has 0 spiro atoms. The van der Waals surface area contributed by atoms with Gasteiger partial charge in [0, 0.05) is 19.6 Å². The molecule has 0 aromatic rings. The second kappa shape index (κ2) is 4.55. The Morgan fingerprint density at radius 2 is 1.80 bits per heavy atom. The number of nitrogens with two attached hydrogens (primary N) is 1. The molecule has 0 aromatic heterocycles. The third kappa shape index (κ3) is 2.82. The summed E-state index contributed by atoms with van der Waals surface area (Å²) in [4.78, 5) is 2.13. The summed E-state index contributed by atoms with van der Waals surface area (Å²) in [6, 6.07) is 0. The van der Waals surface area contributed by atoms with Crippen molar-refractivity contribution in [3.63, 3.8) is 0 Å². The van der Waals surface area contributed by atoms with E-state index in [1.54, 1.807) is 0 Å². The van der Waals surface area contributed by atoms with Crippen molar-refractivity contribution in [3.8, 4) is 0 Å². The Balaban J connectivity index is 0.00000112. The van der Waals surface area contributed by atoms with E-state index in [0.717, 1.165) is 13.1 Å². The van der Waals surface area contributed by atoms with Crippen molar-refractivity contribution in [1.82, 2.24) is 4.90 Å². The van der Waals surface area contributed by atoms with Gasteiger partial charge in [-0.25, -0.2) is 13.6 Å². The molecule has 0 amide bonds. The zero-order valence-corrected chi connectivity index (χ0v) is 10.1. The van der Waals surface area contributed by atoms with Gasteiger partial charge < -0.3 is 4.74 Å². The second-order valence-corrected chi connectivity index (χ2v) is 6.07. The first-order valence-corrected chi connectivity index (χ1v) is 6.41. The number of ether oxygens (including phenoxy) is 1. The van der Waals surface area contributed by atoms with Crippen LogP contribution in [0.5, 0.6) is 0 Å². The molecule has 0 aromatic carbocycles. The summed E-state index contributed by atoms with van der Waals surface area (Å²) in [5.41, 5.74) is 0. The van der Waals surface area contributed by atoms with Gasteiger partial charge in [0.1, 0.15) is 0 Å². The van der Waals surface area contributed by atoms with Crippen LogP contribution in [0, 0.1) is 0 Å². The molecule has 0 unspecified atom stereocenters. The Hall–Kier alpha value is 0.120. The van der Waals surface area contributed by atoms with E-state index in [2.05, 4.69) is 4.90 Å². The Kier molecular flexibility index (Phi) is 4.00. The molecule has 0 atom stereocenters. The van der Waals surface area contributed by atoms with Gasteiger partial charge >= 0.3 is 0 Å². The van der Waals surface area contributed by atoms with Crippen molar-refractivity contribution in [2.45, 2.75) is 17.6 Å². The van der Waals surface area contributed by atoms with Crippen molar-refractivity contribution < 1.29 is 13.2 Å². The Morgan fingerprint density at radius 1 is 1.27 bits per heavy atom. The summed E-state index contributed by atoms with van der Waals surface area (Å²) in [7, 11) is -3.37. The first-order valence-electron chi connectivity index (χ1n) is 4.86. The molecule has 2 aliphatic rings. The predicted octanol–water partition coefficient (Wildman–Crippen LogP) is -0.439. The van der Waals surface area contributed by atoms with Gasteiger partial charge in [-0.1, -0.05) is 0 Å². The number of hydrogen-bond donors (Lipinski definition) is 1. The molecule has 1 saturated heterocycles. The third-order valence-corrected chi connectivity index (χ3v) is 4.77. The highest BCUT2D eigenvalue weighted by Gasteiger charge is 2.53. The highest BCUT2D eigenvalue weighted by Crippen LogP contribution is 2.42. The van der Waals surface area contributed by atoms with Gasteiger partial charge in [-0.3, -0.25) is 4.90 Å². The molecular formula is C8H17ClN2O3S. The Labute approximate surface area is 96.4 Å². The molecule has 1 aliphatic heterocycles. The normalized spacial score (nSPS) is 25.7. The number of hydrogen-bond acceptors (Lipinski definition) is 4. The number of primary sulfonamides is 1. The molecule has 0 bridgehead atoms. The van der Waals surface area contributed by atoms with Crippen LogP contribution in [0.2, 0.25) is 0 Å². The van der Waals surface area contributed by atoms with Crippen LogP contribution in [0.15, 0.2) is 0 Å². The lowest BCUT2D eigenvalue weighted by atomic mass is 10.3. The van der Waals surface area contributed by atoms with Crippen LogP contribution < -0.4 is 5.14 Å². The van der Waals surface area contributed by atoms with Gasteiger partial charge in [-0.05, 0) is 12.8 Å². The molecule has 0 radical (unpaired) electrons. The lowest BCUT2D eigenvalue weighted by Gasteiger charge is -2.29. The molecule has 90 valence electrons. The highest BCUT2D eigenvalue weighted by atomic mass is 35.5. The lowest BCUT2D eigenvalue weighted by molar-refractivity contribution is 0.0369. The van der Waals surface area contributed by atoms with Crippen molar-refractivity contribution in [2.24, 2.45) is 5.14 Å². The Bertz CT molecular complexity index is 310. The maximum atomic E-state index is 11.3. The number of morpholine rings is 1. The lowest BCUT2D eigenvalue weighted by Crippen LogP contribution is -2.46. The van der Waals surface area contributed by atoms with E-state index in [4.69, 9.17) is 9.88 Å². The van der Waals surface area contributed by atoms with Gasteiger partial charge in [0.2, 0.25) is 10.0 Å². The quantitative estimate of drug-likeness (QED) is 0.743. The standard InChI is InChI=1S/C8H16N2O3S.ClH/c9-14(11,12)8(1-2-8)7-10-3-5-13-6-4-10;/h1-7H2,(H2,9,11,12);1H. The van der Waals surface area contributed by atoms with E-state index in [9.17, 15) is 8.42 Å². The molecule has 1 heterocycles. The molecule has 2 rings (SSSR count). The fraction of sp³-hybridized carbons (Fsp3) is 1.00. The largest absolute Gasteiger partial charge is 0.379 e. The van der Waals surface area contributed by atoms with Gasteiger partial charge in [0.15, 0.2) is 0 Å². The average Bonchev–Trinajstić information content (AvgIpc) is 2.86. The monoisotopic (exact) mass is 256 g/mol. The number of halogens is 1. The van der Waals surface area contributed by atoms with Crippen LogP contribution >= 0.6 is 12.4 Å². The minimum Gasteiger partial charge on any atom is -0.379 e. The van der Waals surface area contributed by atoms with Gasteiger partial charge in [0.25, 0.3) is 0 Å². The van der Waals surface area contributed by atoms with Crippen molar-refractivity contribution in [3.05, 3.63) is 0 Å². The van der Waals surface area contributed by atoms with Crippen LogP contribution in [0.25, 0.3) is 0 Å². The van der Waals surface area contributed by atoms with E-state index in [-0.39, 0.29) is 12.4 Å². The van der Waals surface area contributed by atoms with E-state index in [1.807, 2.05) is 0 Å². The minimum absolute atomic E-state index is 0. The van der Waals surface area contributed by atoms with Crippen molar-refractivity contribution in [2.75, 3.05) is 32.8 Å². The van der Waals surface area contributed by atoms with Gasteiger partial charge in [0.05, 0.1) is 18.0 Å². The molecule has 1 aliphatic carbocycles. The maximum Gasteiger partial charge on any atom is 0.216 e. The van der Waals surface area contributed by atoms with E-state index in [0.29, 0.717) is 32.6 Å². The molecule has 2 fully saturated rings. The fourth-order valence-electron chi connectivity index (χ4n) is 1.84. The number of rotatable bonds is 3. The van der Waals surface area contributed by atoms with E-state index in [1.165, 1.54) is 0 Å². The highest BCUT2D eigenvalue weighted by molar-refractivity contribution is 7.90. The topological polar surface area (TPSA) is 72.6 Å². The van der Waals surface area contributed by atoms with Crippen molar-refractivity contribution >= 4 is 22.4 Å². The summed E-state index contributed by atoms with van der Waals surface area (Å²) in [6.45, 7) is 3.60. The first kappa shape index (κ1) is 13.2. The summed E-state index contributed by atoms with van der Waals surface area (Å²) in [6.07, 6.45) is 1.42. The van der Waals surface area contributed by atoms with Crippen LogP contribution in [-0.4, -0.2) is 50.9 Å². The smallest absolute Gasteiger partial charge is 0.216 e. The second-order valence-electron chi connectivity index (χ2n) is 4.12. The molecule has 15 heavy (non-hydrogen) atoms. The minimum atomic E-state index is -3.37. The van der Waals surface area contributed by atoms with Crippen LogP contribution in [0.3, 0.4) is 0 Å². The number of sulfonamides is 1. The van der Waals surface area contributed by atoms with Crippen LogP contribution in [0.4, 0.5) is 0 Å². The Morgan fingerprint density at radius 3 is 2.20 bits per heavy atom. The van der Waals surface area contributed by atoms with Crippen molar-refractivity contribution in [1.29, 1.82) is 0 Å². The molecule has 7 heteroatoms. The zero-order valence-electron chi connectivity index (χ0n) is 8.52. The van der Waals surface area contributed by atoms with Crippen LogP contribution in [0.1, 0.15) is 12.8 Å². The fourth-order valence-corrected chi connectivity index (χ4v) is 2.87. The third-order valence-electron chi connectivity index (χ3n) is 3.03. The average molecular weight is 257 g/mol. The summed E-state index contributed by atoms with van der Waals surface area (Å²) < 4.78 is 27.2. The van der Waals surface area contributed by atoms with Crippen LogP contribution in [-0.2, 0) is 14.8 Å². The molecule has 5 nitrogen and oxygen atoms in total. The first-order chi connectivity index (χ1) is 6.54. The maximum absolute atomic E-state index is 11.3. The van der Waals surface area contributed by atoms with Gasteiger partial charge in [-0.2, -0.15) is 0 Å². The summed E-state index contributed by atoms with van der Waals surface area (Å²) >= 11 is 0. The van der Waals surface area contributed by atoms with E-state index >= 15 is 0 Å². The molecule has 1 saturated carbocycles.